The summed E-state index contributed by atoms with van der Waals surface area (Å²) in [6, 6.07) is 15.0. The van der Waals surface area contributed by atoms with E-state index in [1.807, 2.05) is 31.2 Å². The molecule has 0 atom stereocenters. The minimum atomic E-state index is -0.370. The van der Waals surface area contributed by atoms with Gasteiger partial charge in [-0.25, -0.2) is 4.79 Å². The van der Waals surface area contributed by atoms with Gasteiger partial charge in [-0.2, -0.15) is 5.26 Å². The van der Waals surface area contributed by atoms with E-state index in [0.717, 1.165) is 16.7 Å². The van der Waals surface area contributed by atoms with Crippen molar-refractivity contribution in [1.29, 1.82) is 5.26 Å². The number of carbonyl (C=O) groups excluding carboxylic acids is 1. The average molecular weight is 265 g/mol. The summed E-state index contributed by atoms with van der Waals surface area (Å²) in [5, 5.41) is 9.22. The van der Waals surface area contributed by atoms with E-state index in [2.05, 4.69) is 6.07 Å². The van der Waals surface area contributed by atoms with Gasteiger partial charge in [0.2, 0.25) is 0 Å². The van der Waals surface area contributed by atoms with Gasteiger partial charge in [0.15, 0.2) is 0 Å². The fourth-order valence-corrected chi connectivity index (χ4v) is 2.03. The molecular weight excluding hydrogens is 250 g/mol. The van der Waals surface area contributed by atoms with Crippen molar-refractivity contribution in [2.24, 2.45) is 0 Å². The molecule has 0 radical (unpaired) electrons. The van der Waals surface area contributed by atoms with E-state index in [-0.39, 0.29) is 5.97 Å². The molecule has 100 valence electrons. The van der Waals surface area contributed by atoms with Gasteiger partial charge in [-0.15, -0.1) is 0 Å². The number of carbonyl (C=O) groups is 1. The first-order valence-electron chi connectivity index (χ1n) is 6.44. The molecule has 0 amide bonds. The van der Waals surface area contributed by atoms with E-state index in [1.165, 1.54) is 0 Å². The van der Waals surface area contributed by atoms with Gasteiger partial charge in [-0.3, -0.25) is 0 Å². The van der Waals surface area contributed by atoms with Crippen molar-refractivity contribution in [1.82, 2.24) is 0 Å². The van der Waals surface area contributed by atoms with E-state index in [0.29, 0.717) is 17.7 Å². The second-order valence-electron chi connectivity index (χ2n) is 4.46. The molecule has 0 aromatic heterocycles. The third kappa shape index (κ3) is 2.86. The topological polar surface area (TPSA) is 50.1 Å². The minimum Gasteiger partial charge on any atom is -0.462 e. The van der Waals surface area contributed by atoms with Crippen LogP contribution in [-0.2, 0) is 4.74 Å². The van der Waals surface area contributed by atoms with E-state index in [4.69, 9.17) is 4.74 Å². The zero-order valence-corrected chi connectivity index (χ0v) is 11.5. The van der Waals surface area contributed by atoms with Gasteiger partial charge >= 0.3 is 5.97 Å². The monoisotopic (exact) mass is 265 g/mol. The Morgan fingerprint density at radius 1 is 1.25 bits per heavy atom. The molecule has 2 rings (SSSR count). The summed E-state index contributed by atoms with van der Waals surface area (Å²) in [7, 11) is 0. The van der Waals surface area contributed by atoms with Crippen LogP contribution in [0.15, 0.2) is 42.5 Å². The number of aryl methyl sites for hydroxylation is 1. The number of hydrogen-bond acceptors (Lipinski definition) is 3. The summed E-state index contributed by atoms with van der Waals surface area (Å²) in [6.07, 6.45) is 0. The van der Waals surface area contributed by atoms with Crippen LogP contribution in [0.5, 0.6) is 0 Å². The van der Waals surface area contributed by atoms with Crippen molar-refractivity contribution in [2.75, 3.05) is 6.61 Å². The van der Waals surface area contributed by atoms with E-state index >= 15 is 0 Å². The van der Waals surface area contributed by atoms with Crippen LogP contribution < -0.4 is 0 Å². The summed E-state index contributed by atoms with van der Waals surface area (Å²) >= 11 is 0. The van der Waals surface area contributed by atoms with Crippen LogP contribution in [0.25, 0.3) is 11.1 Å². The maximum absolute atomic E-state index is 11.8. The number of hydrogen-bond donors (Lipinski definition) is 0. The Morgan fingerprint density at radius 2 is 2.05 bits per heavy atom. The molecule has 0 spiro atoms. The maximum atomic E-state index is 11.8. The third-order valence-corrected chi connectivity index (χ3v) is 2.98. The van der Waals surface area contributed by atoms with Crippen molar-refractivity contribution in [3.63, 3.8) is 0 Å². The zero-order chi connectivity index (χ0) is 14.5. The fourth-order valence-electron chi connectivity index (χ4n) is 2.03. The summed E-state index contributed by atoms with van der Waals surface area (Å²) < 4.78 is 4.99. The Balaban J connectivity index is 2.53. The lowest BCUT2D eigenvalue weighted by atomic mass is 9.97. The summed E-state index contributed by atoms with van der Waals surface area (Å²) in [5.74, 6) is -0.370. The largest absolute Gasteiger partial charge is 0.462 e. The molecule has 20 heavy (non-hydrogen) atoms. The Hall–Kier alpha value is -2.60. The van der Waals surface area contributed by atoms with E-state index < -0.39 is 0 Å². The highest BCUT2D eigenvalue weighted by molar-refractivity contribution is 5.92. The standard InChI is InChI=1S/C17H15NO2/c1-3-20-17(19)14-7-8-15(11-18)16(10-14)13-6-4-5-12(2)9-13/h4-10H,3H2,1-2H3. The lowest BCUT2D eigenvalue weighted by Gasteiger charge is -2.08. The highest BCUT2D eigenvalue weighted by Crippen LogP contribution is 2.25. The molecule has 2 aromatic rings. The molecule has 3 nitrogen and oxygen atoms in total. The number of benzene rings is 2. The molecule has 2 aromatic carbocycles. The molecule has 3 heteroatoms. The second kappa shape index (κ2) is 6.03. The number of esters is 1. The highest BCUT2D eigenvalue weighted by atomic mass is 16.5. The van der Waals surface area contributed by atoms with E-state index in [9.17, 15) is 10.1 Å². The molecule has 0 unspecified atom stereocenters. The molecule has 0 N–H and O–H groups in total. The first-order chi connectivity index (χ1) is 9.65. The SMILES string of the molecule is CCOC(=O)c1ccc(C#N)c(-c2cccc(C)c2)c1. The van der Waals surface area contributed by atoms with E-state index in [1.54, 1.807) is 25.1 Å². The van der Waals surface area contributed by atoms with Crippen molar-refractivity contribution >= 4 is 5.97 Å². The average Bonchev–Trinajstić information content (AvgIpc) is 2.47. The van der Waals surface area contributed by atoms with Crippen molar-refractivity contribution in [2.45, 2.75) is 13.8 Å². The van der Waals surface area contributed by atoms with Crippen LogP contribution in [0.3, 0.4) is 0 Å². The lowest BCUT2D eigenvalue weighted by Crippen LogP contribution is -2.05. The highest BCUT2D eigenvalue weighted by Gasteiger charge is 2.11. The van der Waals surface area contributed by atoms with Crippen LogP contribution in [0.4, 0.5) is 0 Å². The number of nitriles is 1. The molecule has 0 bridgehead atoms. The van der Waals surface area contributed by atoms with Gasteiger partial charge in [0.25, 0.3) is 0 Å². The number of nitrogens with zero attached hydrogens (tertiary/aromatic N) is 1. The van der Waals surface area contributed by atoms with Gasteiger partial charge in [-0.1, -0.05) is 29.8 Å². The van der Waals surface area contributed by atoms with Crippen LogP contribution in [0, 0.1) is 18.3 Å². The number of ether oxygens (including phenoxy) is 1. The summed E-state index contributed by atoms with van der Waals surface area (Å²) in [5.41, 5.74) is 3.79. The Morgan fingerprint density at radius 3 is 2.70 bits per heavy atom. The molecular formula is C17H15NO2. The second-order valence-corrected chi connectivity index (χ2v) is 4.46. The molecule has 0 aliphatic carbocycles. The predicted octanol–water partition coefficient (Wildman–Crippen LogP) is 3.71. The van der Waals surface area contributed by atoms with Gasteiger partial charge in [0, 0.05) is 5.56 Å². The zero-order valence-electron chi connectivity index (χ0n) is 11.5. The van der Waals surface area contributed by atoms with Crippen LogP contribution in [0.1, 0.15) is 28.4 Å². The molecule has 0 aliphatic rings. The molecule has 0 saturated carbocycles. The van der Waals surface area contributed by atoms with Crippen molar-refractivity contribution in [3.05, 3.63) is 59.2 Å². The van der Waals surface area contributed by atoms with Crippen molar-refractivity contribution in [3.8, 4) is 17.2 Å². The first kappa shape index (κ1) is 13.8. The maximum Gasteiger partial charge on any atom is 0.338 e. The third-order valence-electron chi connectivity index (χ3n) is 2.98. The lowest BCUT2D eigenvalue weighted by molar-refractivity contribution is 0.0526. The minimum absolute atomic E-state index is 0.332. The number of rotatable bonds is 3. The molecule has 0 aliphatic heterocycles. The Kier molecular flexibility index (Phi) is 4.17. The van der Waals surface area contributed by atoms with Gasteiger partial charge in [0.05, 0.1) is 23.8 Å². The van der Waals surface area contributed by atoms with Crippen LogP contribution in [0.2, 0.25) is 0 Å². The van der Waals surface area contributed by atoms with Gasteiger partial charge in [0.1, 0.15) is 0 Å². The smallest absolute Gasteiger partial charge is 0.338 e. The Bertz CT molecular complexity index is 684. The van der Waals surface area contributed by atoms with Crippen LogP contribution in [-0.4, -0.2) is 12.6 Å². The normalized spacial score (nSPS) is 9.85. The van der Waals surface area contributed by atoms with Gasteiger partial charge in [-0.05, 0) is 37.6 Å². The molecule has 0 saturated heterocycles. The fraction of sp³-hybridized carbons (Fsp3) is 0.176. The van der Waals surface area contributed by atoms with Crippen molar-refractivity contribution < 1.29 is 9.53 Å². The van der Waals surface area contributed by atoms with Gasteiger partial charge < -0.3 is 4.74 Å². The predicted molar refractivity (Wildman–Crippen MR) is 77.3 cm³/mol. The molecule has 0 fully saturated rings. The molecule has 0 heterocycles. The Labute approximate surface area is 118 Å². The summed E-state index contributed by atoms with van der Waals surface area (Å²) in [6.45, 7) is 4.09. The first-order valence-corrected chi connectivity index (χ1v) is 6.44. The quantitative estimate of drug-likeness (QED) is 0.795. The van der Waals surface area contributed by atoms with Crippen LogP contribution >= 0.6 is 0 Å². The summed E-state index contributed by atoms with van der Waals surface area (Å²) in [4.78, 5) is 11.8.